The molecule has 0 spiro atoms. The molecule has 0 aliphatic carbocycles. The van der Waals surface area contributed by atoms with Crippen molar-refractivity contribution < 1.29 is 0 Å². The highest BCUT2D eigenvalue weighted by Crippen LogP contribution is 2.22. The number of hydrogen-bond acceptors (Lipinski definition) is 0. The number of aromatic nitrogens is 1. The van der Waals surface area contributed by atoms with Crippen LogP contribution in [0.15, 0.2) is 54.7 Å². The first-order valence-corrected chi connectivity index (χ1v) is 6.50. The monoisotopic (exact) mass is 235 g/mol. The minimum absolute atomic E-state index is 1.01. The van der Waals surface area contributed by atoms with Crippen molar-refractivity contribution in [2.75, 3.05) is 0 Å². The number of nitrogens with one attached hydrogen (secondary N) is 1. The van der Waals surface area contributed by atoms with Gasteiger partial charge in [-0.3, -0.25) is 0 Å². The molecule has 0 saturated carbocycles. The predicted octanol–water partition coefficient (Wildman–Crippen LogP) is 4.32. The topological polar surface area (TPSA) is 15.8 Å². The third-order valence-electron chi connectivity index (χ3n) is 3.56. The van der Waals surface area contributed by atoms with E-state index < -0.39 is 0 Å². The minimum atomic E-state index is 1.01. The Morgan fingerprint density at radius 3 is 2.39 bits per heavy atom. The second kappa shape index (κ2) is 4.69. The second-order valence-electron chi connectivity index (χ2n) is 4.66. The fourth-order valence-electron chi connectivity index (χ4n) is 2.56. The number of rotatable bonds is 3. The first-order chi connectivity index (χ1) is 8.88. The van der Waals surface area contributed by atoms with Crippen LogP contribution in [0.3, 0.4) is 0 Å². The van der Waals surface area contributed by atoms with Crippen LogP contribution in [0.5, 0.6) is 0 Å². The number of H-pyrrole nitrogens is 1. The Balaban J connectivity index is 2.01. The Kier molecular flexibility index (Phi) is 2.89. The quantitative estimate of drug-likeness (QED) is 0.696. The molecule has 1 heteroatoms. The van der Waals surface area contributed by atoms with Gasteiger partial charge in [-0.1, -0.05) is 49.4 Å². The van der Waals surface area contributed by atoms with Crippen LogP contribution in [0.1, 0.15) is 23.6 Å². The first-order valence-electron chi connectivity index (χ1n) is 6.50. The SMILES string of the molecule is CCc1ccccc1Cc1c[nH]c2ccccc12. The van der Waals surface area contributed by atoms with E-state index in [-0.39, 0.29) is 0 Å². The van der Waals surface area contributed by atoms with Gasteiger partial charge in [0.1, 0.15) is 0 Å². The van der Waals surface area contributed by atoms with Gasteiger partial charge in [0.25, 0.3) is 0 Å². The minimum Gasteiger partial charge on any atom is -0.361 e. The number of hydrogen-bond donors (Lipinski definition) is 1. The highest BCUT2D eigenvalue weighted by atomic mass is 14.7. The van der Waals surface area contributed by atoms with E-state index in [9.17, 15) is 0 Å². The third kappa shape index (κ3) is 1.92. The lowest BCUT2D eigenvalue weighted by Gasteiger charge is -2.06. The number of fused-ring (bicyclic) bond motifs is 1. The van der Waals surface area contributed by atoms with E-state index in [1.54, 1.807) is 0 Å². The van der Waals surface area contributed by atoms with Gasteiger partial charge in [0.05, 0.1) is 0 Å². The van der Waals surface area contributed by atoms with Crippen LogP contribution in [-0.2, 0) is 12.8 Å². The summed E-state index contributed by atoms with van der Waals surface area (Å²) < 4.78 is 0. The molecule has 3 rings (SSSR count). The lowest BCUT2D eigenvalue weighted by Crippen LogP contribution is -1.93. The average molecular weight is 235 g/mol. The fraction of sp³-hybridized carbons (Fsp3) is 0.176. The molecular formula is C17H17N. The molecule has 0 fully saturated rings. The Hall–Kier alpha value is -2.02. The van der Waals surface area contributed by atoms with Gasteiger partial charge < -0.3 is 4.98 Å². The summed E-state index contributed by atoms with van der Waals surface area (Å²) in [7, 11) is 0. The van der Waals surface area contributed by atoms with Crippen molar-refractivity contribution >= 4 is 10.9 Å². The Bertz CT molecular complexity index is 664. The lowest BCUT2D eigenvalue weighted by atomic mass is 9.98. The van der Waals surface area contributed by atoms with Crippen molar-refractivity contribution in [1.82, 2.24) is 4.98 Å². The van der Waals surface area contributed by atoms with Gasteiger partial charge in [-0.15, -0.1) is 0 Å². The Morgan fingerprint density at radius 2 is 1.56 bits per heavy atom. The van der Waals surface area contributed by atoms with Gasteiger partial charge in [0.2, 0.25) is 0 Å². The van der Waals surface area contributed by atoms with Crippen LogP contribution in [0.25, 0.3) is 10.9 Å². The van der Waals surface area contributed by atoms with Gasteiger partial charge in [0, 0.05) is 17.1 Å². The van der Waals surface area contributed by atoms with Crippen molar-refractivity contribution in [3.63, 3.8) is 0 Å². The highest BCUT2D eigenvalue weighted by molar-refractivity contribution is 5.83. The first kappa shape index (κ1) is 11.1. The molecule has 2 aromatic carbocycles. The summed E-state index contributed by atoms with van der Waals surface area (Å²) in [5.74, 6) is 0. The largest absolute Gasteiger partial charge is 0.361 e. The Labute approximate surface area is 107 Å². The van der Waals surface area contributed by atoms with Gasteiger partial charge in [0.15, 0.2) is 0 Å². The van der Waals surface area contributed by atoms with Crippen LogP contribution in [0, 0.1) is 0 Å². The summed E-state index contributed by atoms with van der Waals surface area (Å²) in [6, 6.07) is 17.2. The molecule has 1 heterocycles. The average Bonchev–Trinajstić information content (AvgIpc) is 2.83. The van der Waals surface area contributed by atoms with E-state index in [2.05, 4.69) is 66.6 Å². The number of para-hydroxylation sites is 1. The summed E-state index contributed by atoms with van der Waals surface area (Å²) in [4.78, 5) is 3.35. The van der Waals surface area contributed by atoms with Crippen molar-refractivity contribution in [3.05, 3.63) is 71.4 Å². The van der Waals surface area contributed by atoms with Gasteiger partial charge in [-0.25, -0.2) is 0 Å². The molecule has 90 valence electrons. The van der Waals surface area contributed by atoms with Gasteiger partial charge >= 0.3 is 0 Å². The third-order valence-corrected chi connectivity index (χ3v) is 3.56. The summed E-state index contributed by atoms with van der Waals surface area (Å²) in [6.07, 6.45) is 4.24. The summed E-state index contributed by atoms with van der Waals surface area (Å²) in [6.45, 7) is 2.22. The second-order valence-corrected chi connectivity index (χ2v) is 4.66. The Morgan fingerprint density at radius 1 is 0.833 bits per heavy atom. The lowest BCUT2D eigenvalue weighted by molar-refractivity contribution is 1.07. The van der Waals surface area contributed by atoms with Crippen molar-refractivity contribution in [1.29, 1.82) is 0 Å². The molecule has 1 aromatic heterocycles. The molecule has 0 unspecified atom stereocenters. The molecule has 0 atom stereocenters. The van der Waals surface area contributed by atoms with Crippen LogP contribution in [0.4, 0.5) is 0 Å². The van der Waals surface area contributed by atoms with Crippen molar-refractivity contribution in [3.8, 4) is 0 Å². The molecule has 0 radical (unpaired) electrons. The normalized spacial score (nSPS) is 10.9. The zero-order valence-electron chi connectivity index (χ0n) is 10.6. The molecule has 0 aliphatic rings. The molecule has 0 bridgehead atoms. The van der Waals surface area contributed by atoms with Crippen LogP contribution in [0.2, 0.25) is 0 Å². The maximum absolute atomic E-state index is 3.35. The van der Waals surface area contributed by atoms with E-state index in [0.29, 0.717) is 0 Å². The number of benzene rings is 2. The fourth-order valence-corrected chi connectivity index (χ4v) is 2.56. The molecule has 3 aromatic rings. The summed E-state index contributed by atoms with van der Waals surface area (Å²) in [5.41, 5.74) is 5.49. The van der Waals surface area contributed by atoms with E-state index in [1.807, 2.05) is 0 Å². The van der Waals surface area contributed by atoms with E-state index in [4.69, 9.17) is 0 Å². The molecule has 0 saturated heterocycles. The summed E-state index contributed by atoms with van der Waals surface area (Å²) >= 11 is 0. The number of aromatic amines is 1. The maximum atomic E-state index is 3.35. The van der Waals surface area contributed by atoms with Crippen LogP contribution >= 0.6 is 0 Å². The van der Waals surface area contributed by atoms with Crippen molar-refractivity contribution in [2.24, 2.45) is 0 Å². The number of aryl methyl sites for hydroxylation is 1. The van der Waals surface area contributed by atoms with Gasteiger partial charge in [-0.2, -0.15) is 0 Å². The standard InChI is InChI=1S/C17H17N/c1-2-13-7-3-4-8-14(13)11-15-12-18-17-10-6-5-9-16(15)17/h3-10,12,18H,2,11H2,1H3. The molecule has 0 aliphatic heterocycles. The molecule has 1 nitrogen and oxygen atoms in total. The van der Waals surface area contributed by atoms with Crippen LogP contribution in [-0.4, -0.2) is 4.98 Å². The predicted molar refractivity (Wildman–Crippen MR) is 76.9 cm³/mol. The zero-order valence-corrected chi connectivity index (χ0v) is 10.6. The van der Waals surface area contributed by atoms with E-state index in [0.717, 1.165) is 12.8 Å². The molecule has 1 N–H and O–H groups in total. The maximum Gasteiger partial charge on any atom is 0.0456 e. The molecule has 0 amide bonds. The highest BCUT2D eigenvalue weighted by Gasteiger charge is 2.06. The smallest absolute Gasteiger partial charge is 0.0456 e. The zero-order chi connectivity index (χ0) is 12.4. The van der Waals surface area contributed by atoms with Crippen LogP contribution < -0.4 is 0 Å². The summed E-state index contributed by atoms with van der Waals surface area (Å²) in [5, 5.41) is 1.34. The van der Waals surface area contributed by atoms with Crippen molar-refractivity contribution in [2.45, 2.75) is 19.8 Å². The van der Waals surface area contributed by atoms with Gasteiger partial charge in [-0.05, 0) is 35.6 Å². The molecule has 18 heavy (non-hydrogen) atoms. The van der Waals surface area contributed by atoms with E-state index in [1.165, 1.54) is 27.6 Å². The molecular weight excluding hydrogens is 218 g/mol. The van der Waals surface area contributed by atoms with E-state index >= 15 is 0 Å².